The molecule has 0 spiro atoms. The highest BCUT2D eigenvalue weighted by atomic mass is 31.2. The Hall–Kier alpha value is -0.830. The first kappa shape index (κ1) is 15.2. The van der Waals surface area contributed by atoms with Crippen molar-refractivity contribution in [2.45, 2.75) is 39.0 Å². The molecule has 1 aromatic rings. The summed E-state index contributed by atoms with van der Waals surface area (Å²) < 4.78 is 22.2. The Morgan fingerprint density at radius 3 is 2.44 bits per heavy atom. The Kier molecular flexibility index (Phi) is 5.86. The molecule has 0 aliphatic rings. The maximum Gasteiger partial charge on any atom is 0.332 e. The van der Waals surface area contributed by atoms with Crippen LogP contribution in [0.4, 0.5) is 0 Å². The third kappa shape index (κ3) is 5.21. The van der Waals surface area contributed by atoms with Crippen LogP contribution in [0.2, 0.25) is 0 Å². The molecule has 5 heteroatoms. The van der Waals surface area contributed by atoms with E-state index in [1.165, 1.54) is 0 Å². The van der Waals surface area contributed by atoms with Crippen molar-refractivity contribution in [3.8, 4) is 5.75 Å². The topological polar surface area (TPSA) is 55.8 Å². The predicted molar refractivity (Wildman–Crippen MR) is 72.0 cm³/mol. The van der Waals surface area contributed by atoms with Gasteiger partial charge in [0, 0.05) is 0 Å². The van der Waals surface area contributed by atoms with Gasteiger partial charge in [0.15, 0.2) is 0 Å². The Bertz CT molecular complexity index is 402. The van der Waals surface area contributed by atoms with Crippen molar-refractivity contribution in [3.05, 3.63) is 29.8 Å². The first-order valence-corrected chi connectivity index (χ1v) is 7.86. The Morgan fingerprint density at radius 2 is 1.94 bits per heavy atom. The number of hydrogen-bond donors (Lipinski definition) is 1. The summed E-state index contributed by atoms with van der Waals surface area (Å²) in [5.74, 6) is 0.729. The van der Waals surface area contributed by atoms with Crippen LogP contribution in [0, 0.1) is 0 Å². The Balaban J connectivity index is 2.60. The van der Waals surface area contributed by atoms with Crippen LogP contribution < -0.4 is 4.74 Å². The van der Waals surface area contributed by atoms with Gasteiger partial charge >= 0.3 is 7.60 Å². The van der Waals surface area contributed by atoms with Crippen molar-refractivity contribution in [1.82, 2.24) is 0 Å². The molecule has 1 N–H and O–H groups in total. The maximum absolute atomic E-state index is 11.9. The van der Waals surface area contributed by atoms with Crippen molar-refractivity contribution in [1.29, 1.82) is 0 Å². The van der Waals surface area contributed by atoms with Crippen molar-refractivity contribution >= 4 is 7.60 Å². The minimum Gasteiger partial charge on any atom is -0.497 e. The largest absolute Gasteiger partial charge is 0.497 e. The molecule has 1 aromatic carbocycles. The summed E-state index contributed by atoms with van der Waals surface area (Å²) in [6.07, 6.45) is 1.56. The summed E-state index contributed by atoms with van der Waals surface area (Å²) in [4.78, 5) is 9.79. The molecule has 0 fully saturated rings. The molecule has 2 atom stereocenters. The molecule has 0 aromatic heterocycles. The number of methoxy groups -OCH3 is 1. The fourth-order valence-electron chi connectivity index (χ4n) is 1.74. The van der Waals surface area contributed by atoms with Crippen LogP contribution in [-0.4, -0.2) is 18.1 Å². The normalized spacial score (nSPS) is 16.0. The maximum atomic E-state index is 11.9. The smallest absolute Gasteiger partial charge is 0.332 e. The second kappa shape index (κ2) is 6.93. The van der Waals surface area contributed by atoms with E-state index in [-0.39, 0.29) is 12.3 Å². The SMILES string of the molecule is CCCC(C)OP(=O)(O)Cc1ccc(OC)cc1. The molecule has 102 valence electrons. The van der Waals surface area contributed by atoms with Gasteiger partial charge in [-0.25, -0.2) is 0 Å². The molecular weight excluding hydrogens is 251 g/mol. The quantitative estimate of drug-likeness (QED) is 0.771. The molecule has 18 heavy (non-hydrogen) atoms. The van der Waals surface area contributed by atoms with Crippen LogP contribution in [0.15, 0.2) is 24.3 Å². The molecule has 0 radical (unpaired) electrons. The molecule has 0 bridgehead atoms. The molecule has 4 nitrogen and oxygen atoms in total. The number of ether oxygens (including phenoxy) is 1. The minimum atomic E-state index is -3.56. The van der Waals surface area contributed by atoms with Crippen molar-refractivity contribution in [2.24, 2.45) is 0 Å². The number of rotatable bonds is 7. The monoisotopic (exact) mass is 272 g/mol. The van der Waals surface area contributed by atoms with Crippen LogP contribution in [0.3, 0.4) is 0 Å². The van der Waals surface area contributed by atoms with Gasteiger partial charge in [0.1, 0.15) is 5.75 Å². The van der Waals surface area contributed by atoms with E-state index in [9.17, 15) is 9.46 Å². The first-order chi connectivity index (χ1) is 8.46. The first-order valence-electron chi connectivity index (χ1n) is 6.10. The van der Waals surface area contributed by atoms with E-state index in [4.69, 9.17) is 9.26 Å². The molecule has 0 heterocycles. The van der Waals surface area contributed by atoms with Gasteiger partial charge in [-0.15, -0.1) is 0 Å². The third-order valence-corrected chi connectivity index (χ3v) is 4.04. The van der Waals surface area contributed by atoms with E-state index in [2.05, 4.69) is 0 Å². The standard InChI is InChI=1S/C13H21O4P/c1-4-5-11(2)17-18(14,15)10-12-6-8-13(16-3)9-7-12/h6-9,11H,4-5,10H2,1-3H3,(H,14,15). The third-order valence-electron chi connectivity index (χ3n) is 2.58. The van der Waals surface area contributed by atoms with Crippen LogP contribution in [-0.2, 0) is 15.3 Å². The molecule has 0 saturated carbocycles. The molecular formula is C13H21O4P. The molecule has 0 aliphatic carbocycles. The Morgan fingerprint density at radius 1 is 1.33 bits per heavy atom. The fraction of sp³-hybridized carbons (Fsp3) is 0.538. The van der Waals surface area contributed by atoms with E-state index in [1.807, 2.05) is 13.8 Å². The van der Waals surface area contributed by atoms with E-state index < -0.39 is 7.60 Å². The lowest BCUT2D eigenvalue weighted by atomic mass is 10.2. The fourth-order valence-corrected chi connectivity index (χ4v) is 3.15. The highest BCUT2D eigenvalue weighted by Crippen LogP contribution is 2.47. The van der Waals surface area contributed by atoms with E-state index in [1.54, 1.807) is 31.4 Å². The van der Waals surface area contributed by atoms with Crippen molar-refractivity contribution in [3.63, 3.8) is 0 Å². The van der Waals surface area contributed by atoms with E-state index in [0.717, 1.165) is 24.2 Å². The van der Waals surface area contributed by atoms with Gasteiger partial charge in [0.25, 0.3) is 0 Å². The van der Waals surface area contributed by atoms with Gasteiger partial charge in [-0.3, -0.25) is 4.57 Å². The summed E-state index contributed by atoms with van der Waals surface area (Å²) in [5, 5.41) is 0. The zero-order valence-corrected chi connectivity index (χ0v) is 12.0. The number of hydrogen-bond acceptors (Lipinski definition) is 3. The van der Waals surface area contributed by atoms with Crippen LogP contribution in [0.1, 0.15) is 32.3 Å². The molecule has 1 rings (SSSR count). The predicted octanol–water partition coefficient (Wildman–Crippen LogP) is 3.59. The molecule has 0 aliphatic heterocycles. The lowest BCUT2D eigenvalue weighted by Crippen LogP contribution is -2.06. The van der Waals surface area contributed by atoms with Gasteiger partial charge < -0.3 is 14.2 Å². The average Bonchev–Trinajstić information content (AvgIpc) is 2.29. The molecule has 2 unspecified atom stereocenters. The summed E-state index contributed by atoms with van der Waals surface area (Å²) >= 11 is 0. The summed E-state index contributed by atoms with van der Waals surface area (Å²) in [6.45, 7) is 3.84. The van der Waals surface area contributed by atoms with E-state index in [0.29, 0.717) is 0 Å². The summed E-state index contributed by atoms with van der Waals surface area (Å²) in [7, 11) is -1.98. The van der Waals surface area contributed by atoms with Gasteiger partial charge in [0.05, 0.1) is 19.4 Å². The van der Waals surface area contributed by atoms with E-state index >= 15 is 0 Å². The van der Waals surface area contributed by atoms with Crippen LogP contribution >= 0.6 is 7.60 Å². The Labute approximate surface area is 108 Å². The number of benzene rings is 1. The van der Waals surface area contributed by atoms with Crippen LogP contribution in [0.25, 0.3) is 0 Å². The van der Waals surface area contributed by atoms with Gasteiger partial charge in [-0.2, -0.15) is 0 Å². The van der Waals surface area contributed by atoms with Crippen molar-refractivity contribution in [2.75, 3.05) is 7.11 Å². The lowest BCUT2D eigenvalue weighted by Gasteiger charge is -2.17. The van der Waals surface area contributed by atoms with Gasteiger partial charge in [-0.05, 0) is 31.0 Å². The highest BCUT2D eigenvalue weighted by Gasteiger charge is 2.22. The second-order valence-electron chi connectivity index (χ2n) is 4.35. The lowest BCUT2D eigenvalue weighted by molar-refractivity contribution is 0.179. The zero-order valence-electron chi connectivity index (χ0n) is 11.1. The summed E-state index contributed by atoms with van der Waals surface area (Å²) in [5.41, 5.74) is 0.769. The zero-order chi connectivity index (χ0) is 13.6. The van der Waals surface area contributed by atoms with Gasteiger partial charge in [-0.1, -0.05) is 25.5 Å². The minimum absolute atomic E-state index is 0.0328. The van der Waals surface area contributed by atoms with Crippen molar-refractivity contribution < 1.29 is 18.7 Å². The second-order valence-corrected chi connectivity index (χ2v) is 6.15. The summed E-state index contributed by atoms with van der Waals surface area (Å²) in [6, 6.07) is 7.08. The van der Waals surface area contributed by atoms with Crippen LogP contribution in [0.5, 0.6) is 5.75 Å². The highest BCUT2D eigenvalue weighted by molar-refractivity contribution is 7.51. The molecule has 0 amide bonds. The molecule has 0 saturated heterocycles. The average molecular weight is 272 g/mol. The van der Waals surface area contributed by atoms with Gasteiger partial charge in [0.2, 0.25) is 0 Å².